The van der Waals surface area contributed by atoms with Gasteiger partial charge >= 0.3 is 6.18 Å². The Labute approximate surface area is 157 Å². The molecule has 0 aliphatic heterocycles. The summed E-state index contributed by atoms with van der Waals surface area (Å²) in [4.78, 5) is 4.90. The zero-order chi connectivity index (χ0) is 19.0. The van der Waals surface area contributed by atoms with Crippen LogP contribution < -0.4 is 5.73 Å². The van der Waals surface area contributed by atoms with Gasteiger partial charge in [-0.05, 0) is 60.9 Å². The molecule has 5 heteroatoms. The standard InChI is InChI=1S/C22H23F3N2/c23-22(24,25)17-3-1-2-16(12-17)14-4-6-15(7-5-14)20-13-21(20)27-19-10-8-18(26)9-11-19/h1-7,12,18,20-21H,8-11,13,26H2. The van der Waals surface area contributed by atoms with Crippen molar-refractivity contribution in [2.75, 3.05) is 0 Å². The third kappa shape index (κ3) is 4.24. The van der Waals surface area contributed by atoms with Crippen LogP contribution in [0.1, 0.15) is 49.1 Å². The molecule has 2 fully saturated rings. The summed E-state index contributed by atoms with van der Waals surface area (Å²) in [5.74, 6) is 0.434. The number of hydrogen-bond acceptors (Lipinski definition) is 2. The highest BCUT2D eigenvalue weighted by atomic mass is 19.4. The van der Waals surface area contributed by atoms with E-state index in [2.05, 4.69) is 0 Å². The van der Waals surface area contributed by atoms with E-state index < -0.39 is 11.7 Å². The van der Waals surface area contributed by atoms with Crippen LogP contribution in [0.3, 0.4) is 0 Å². The Kier molecular flexibility index (Phi) is 4.81. The van der Waals surface area contributed by atoms with Crippen molar-refractivity contribution < 1.29 is 13.2 Å². The van der Waals surface area contributed by atoms with Crippen molar-refractivity contribution in [2.45, 2.75) is 56.3 Å². The highest BCUT2D eigenvalue weighted by molar-refractivity contribution is 5.85. The van der Waals surface area contributed by atoms with E-state index in [9.17, 15) is 13.2 Å². The van der Waals surface area contributed by atoms with Crippen LogP contribution in [0.25, 0.3) is 11.1 Å². The molecule has 2 saturated carbocycles. The van der Waals surface area contributed by atoms with E-state index >= 15 is 0 Å². The minimum Gasteiger partial charge on any atom is -0.328 e. The lowest BCUT2D eigenvalue weighted by Gasteiger charge is -2.19. The van der Waals surface area contributed by atoms with E-state index in [1.807, 2.05) is 24.3 Å². The molecule has 2 N–H and O–H groups in total. The van der Waals surface area contributed by atoms with E-state index in [4.69, 9.17) is 10.7 Å². The largest absolute Gasteiger partial charge is 0.416 e. The molecule has 0 heterocycles. The Balaban J connectivity index is 1.44. The van der Waals surface area contributed by atoms with Gasteiger partial charge in [0, 0.05) is 17.7 Å². The van der Waals surface area contributed by atoms with Gasteiger partial charge in [0.1, 0.15) is 0 Å². The molecule has 0 saturated heterocycles. The number of alkyl halides is 3. The molecule has 0 bridgehead atoms. The van der Waals surface area contributed by atoms with Gasteiger partial charge in [-0.1, -0.05) is 36.4 Å². The molecule has 4 rings (SSSR count). The number of rotatable bonds is 3. The fourth-order valence-electron chi connectivity index (χ4n) is 3.82. The molecular formula is C22H23F3N2. The van der Waals surface area contributed by atoms with Gasteiger partial charge in [0.05, 0.1) is 11.6 Å². The van der Waals surface area contributed by atoms with Crippen molar-refractivity contribution in [1.29, 1.82) is 0 Å². The lowest BCUT2D eigenvalue weighted by atomic mass is 9.94. The molecule has 0 aromatic heterocycles. The zero-order valence-electron chi connectivity index (χ0n) is 15.0. The van der Waals surface area contributed by atoms with Gasteiger partial charge < -0.3 is 5.73 Å². The number of halogens is 3. The van der Waals surface area contributed by atoms with Crippen LogP contribution in [-0.2, 0) is 6.18 Å². The first-order valence-electron chi connectivity index (χ1n) is 9.49. The van der Waals surface area contributed by atoms with Crippen molar-refractivity contribution in [3.05, 3.63) is 59.7 Å². The first kappa shape index (κ1) is 18.2. The average Bonchev–Trinajstić information content (AvgIpc) is 3.42. The molecule has 2 unspecified atom stereocenters. The summed E-state index contributed by atoms with van der Waals surface area (Å²) in [7, 11) is 0. The molecule has 142 valence electrons. The average molecular weight is 372 g/mol. The predicted molar refractivity (Wildman–Crippen MR) is 102 cm³/mol. The Hall–Kier alpha value is -2.14. The number of hydrogen-bond donors (Lipinski definition) is 1. The van der Waals surface area contributed by atoms with Gasteiger partial charge in [0.15, 0.2) is 0 Å². The van der Waals surface area contributed by atoms with Gasteiger partial charge in [0.25, 0.3) is 0 Å². The van der Waals surface area contributed by atoms with E-state index in [0.717, 1.165) is 43.7 Å². The molecule has 2 atom stereocenters. The topological polar surface area (TPSA) is 38.4 Å². The molecule has 2 nitrogen and oxygen atoms in total. The molecular weight excluding hydrogens is 349 g/mol. The Morgan fingerprint density at radius 1 is 0.926 bits per heavy atom. The van der Waals surface area contributed by atoms with Crippen molar-refractivity contribution in [1.82, 2.24) is 0 Å². The quantitative estimate of drug-likeness (QED) is 0.751. The summed E-state index contributed by atoms with van der Waals surface area (Å²) in [6.07, 6.45) is 0.819. The lowest BCUT2D eigenvalue weighted by Crippen LogP contribution is -2.26. The molecule has 0 radical (unpaired) electrons. The predicted octanol–water partition coefficient (Wildman–Crippen LogP) is 5.57. The normalized spacial score (nSPS) is 25.3. The fourth-order valence-corrected chi connectivity index (χ4v) is 3.82. The second-order valence-electron chi connectivity index (χ2n) is 7.64. The number of nitrogens with zero attached hydrogens (tertiary/aromatic N) is 1. The van der Waals surface area contributed by atoms with Crippen LogP contribution in [0, 0.1) is 0 Å². The van der Waals surface area contributed by atoms with Crippen molar-refractivity contribution in [3.8, 4) is 11.1 Å². The van der Waals surface area contributed by atoms with Gasteiger partial charge in [-0.3, -0.25) is 4.99 Å². The Morgan fingerprint density at radius 3 is 2.30 bits per heavy atom. The van der Waals surface area contributed by atoms with Crippen LogP contribution in [0.4, 0.5) is 13.2 Å². The number of benzene rings is 2. The second-order valence-corrected chi connectivity index (χ2v) is 7.64. The fraction of sp³-hybridized carbons (Fsp3) is 0.409. The number of nitrogens with two attached hydrogens (primary N) is 1. The van der Waals surface area contributed by atoms with Crippen molar-refractivity contribution in [2.24, 2.45) is 10.7 Å². The maximum absolute atomic E-state index is 12.9. The van der Waals surface area contributed by atoms with Crippen LogP contribution in [0.2, 0.25) is 0 Å². The first-order valence-corrected chi connectivity index (χ1v) is 9.49. The van der Waals surface area contributed by atoms with E-state index in [-0.39, 0.29) is 0 Å². The molecule has 0 amide bonds. The lowest BCUT2D eigenvalue weighted by molar-refractivity contribution is -0.137. The summed E-state index contributed by atoms with van der Waals surface area (Å²) in [6.45, 7) is 0. The minimum absolute atomic E-state index is 0.322. The number of aliphatic imine (C=N–C) groups is 1. The third-order valence-corrected chi connectivity index (χ3v) is 5.57. The van der Waals surface area contributed by atoms with Crippen molar-refractivity contribution in [3.63, 3.8) is 0 Å². The molecule has 2 aliphatic carbocycles. The van der Waals surface area contributed by atoms with Crippen LogP contribution in [-0.4, -0.2) is 17.8 Å². The van der Waals surface area contributed by atoms with Crippen LogP contribution in [0.5, 0.6) is 0 Å². The monoisotopic (exact) mass is 372 g/mol. The molecule has 2 aliphatic rings. The summed E-state index contributed by atoms with van der Waals surface area (Å²) in [5, 5.41) is 0. The Morgan fingerprint density at radius 2 is 1.63 bits per heavy atom. The van der Waals surface area contributed by atoms with E-state index in [1.165, 1.54) is 23.4 Å². The molecule has 0 spiro atoms. The van der Waals surface area contributed by atoms with Crippen LogP contribution >= 0.6 is 0 Å². The van der Waals surface area contributed by atoms with Gasteiger partial charge in [-0.15, -0.1) is 0 Å². The van der Waals surface area contributed by atoms with Crippen LogP contribution in [0.15, 0.2) is 53.5 Å². The summed E-state index contributed by atoms with van der Waals surface area (Å²) >= 11 is 0. The minimum atomic E-state index is -4.32. The van der Waals surface area contributed by atoms with Crippen molar-refractivity contribution >= 4 is 5.71 Å². The maximum atomic E-state index is 12.9. The zero-order valence-corrected chi connectivity index (χ0v) is 15.0. The third-order valence-electron chi connectivity index (χ3n) is 5.57. The highest BCUT2D eigenvalue weighted by Crippen LogP contribution is 2.44. The van der Waals surface area contributed by atoms with E-state index in [1.54, 1.807) is 6.07 Å². The highest BCUT2D eigenvalue weighted by Gasteiger charge is 2.38. The van der Waals surface area contributed by atoms with E-state index in [0.29, 0.717) is 23.6 Å². The molecule has 2 aromatic rings. The van der Waals surface area contributed by atoms with Gasteiger partial charge in [-0.25, -0.2) is 0 Å². The summed E-state index contributed by atoms with van der Waals surface area (Å²) in [5.41, 5.74) is 9.22. The molecule has 2 aromatic carbocycles. The first-order chi connectivity index (χ1) is 12.9. The SMILES string of the molecule is NC1CCC(=NC2CC2c2ccc(-c3cccc(C(F)(F)F)c3)cc2)CC1. The van der Waals surface area contributed by atoms with Gasteiger partial charge in [-0.2, -0.15) is 13.2 Å². The Bertz CT molecular complexity index is 829. The summed E-state index contributed by atoms with van der Waals surface area (Å²) < 4.78 is 38.7. The summed E-state index contributed by atoms with van der Waals surface area (Å²) in [6, 6.07) is 14.0. The maximum Gasteiger partial charge on any atom is 0.416 e. The smallest absolute Gasteiger partial charge is 0.328 e. The molecule has 27 heavy (non-hydrogen) atoms. The van der Waals surface area contributed by atoms with Gasteiger partial charge in [0.2, 0.25) is 0 Å². The second kappa shape index (κ2) is 7.12.